The zero-order chi connectivity index (χ0) is 16.1. The summed E-state index contributed by atoms with van der Waals surface area (Å²) in [6.45, 7) is 6.77. The fraction of sp³-hybridized carbons (Fsp3) is 0.588. The molecule has 1 aliphatic rings. The number of thioether (sulfide) groups is 1. The van der Waals surface area contributed by atoms with Crippen LogP contribution in [0, 0.1) is 0 Å². The Morgan fingerprint density at radius 1 is 1.32 bits per heavy atom. The van der Waals surface area contributed by atoms with E-state index in [0.717, 1.165) is 18.4 Å². The van der Waals surface area contributed by atoms with E-state index in [9.17, 15) is 4.79 Å². The Morgan fingerprint density at radius 3 is 2.45 bits per heavy atom. The van der Waals surface area contributed by atoms with Crippen molar-refractivity contribution < 1.29 is 9.90 Å². The summed E-state index contributed by atoms with van der Waals surface area (Å²) in [7, 11) is 0. The predicted octanol–water partition coefficient (Wildman–Crippen LogP) is 3.41. The van der Waals surface area contributed by atoms with Crippen LogP contribution in [0.1, 0.15) is 45.2 Å². The molecule has 1 atom stereocenters. The topological polar surface area (TPSA) is 52.6 Å². The van der Waals surface area contributed by atoms with E-state index in [2.05, 4.69) is 43.4 Å². The highest BCUT2D eigenvalue weighted by atomic mass is 32.2. The van der Waals surface area contributed by atoms with Crippen LogP contribution in [0.25, 0.3) is 0 Å². The SMILES string of the molecule is CC(C)Sc1ccc(C(C)NC(=O)N(CCO)C2CC2)cc1. The summed E-state index contributed by atoms with van der Waals surface area (Å²) in [5.74, 6) is 0. The lowest BCUT2D eigenvalue weighted by atomic mass is 10.1. The summed E-state index contributed by atoms with van der Waals surface area (Å²) in [4.78, 5) is 15.3. The maximum absolute atomic E-state index is 12.3. The zero-order valence-corrected chi connectivity index (χ0v) is 14.4. The molecule has 2 rings (SSSR count). The maximum atomic E-state index is 12.3. The molecule has 1 fully saturated rings. The van der Waals surface area contributed by atoms with Crippen molar-refractivity contribution in [1.29, 1.82) is 0 Å². The highest BCUT2D eigenvalue weighted by Gasteiger charge is 2.32. The summed E-state index contributed by atoms with van der Waals surface area (Å²) in [6, 6.07) is 8.55. The number of hydrogen-bond acceptors (Lipinski definition) is 3. The molecule has 5 heteroatoms. The van der Waals surface area contributed by atoms with Gasteiger partial charge in [0.25, 0.3) is 0 Å². The first-order chi connectivity index (χ1) is 10.5. The van der Waals surface area contributed by atoms with Crippen molar-refractivity contribution in [2.75, 3.05) is 13.2 Å². The number of benzene rings is 1. The monoisotopic (exact) mass is 322 g/mol. The molecule has 0 heterocycles. The first-order valence-electron chi connectivity index (χ1n) is 7.96. The minimum atomic E-state index is -0.0790. The molecule has 0 saturated heterocycles. The van der Waals surface area contributed by atoms with Crippen LogP contribution in [0.3, 0.4) is 0 Å². The van der Waals surface area contributed by atoms with Gasteiger partial charge in [-0.2, -0.15) is 0 Å². The smallest absolute Gasteiger partial charge is 0.318 e. The largest absolute Gasteiger partial charge is 0.395 e. The zero-order valence-electron chi connectivity index (χ0n) is 13.6. The van der Waals surface area contributed by atoms with Gasteiger partial charge < -0.3 is 15.3 Å². The van der Waals surface area contributed by atoms with E-state index in [1.807, 2.05) is 18.7 Å². The van der Waals surface area contributed by atoms with E-state index in [1.165, 1.54) is 4.90 Å². The molecule has 1 saturated carbocycles. The molecule has 0 spiro atoms. The molecule has 4 nitrogen and oxygen atoms in total. The summed E-state index contributed by atoms with van der Waals surface area (Å²) in [5, 5.41) is 12.7. The van der Waals surface area contributed by atoms with Gasteiger partial charge in [-0.1, -0.05) is 26.0 Å². The van der Waals surface area contributed by atoms with Crippen molar-refractivity contribution in [3.8, 4) is 0 Å². The van der Waals surface area contributed by atoms with E-state index in [1.54, 1.807) is 4.90 Å². The molecule has 122 valence electrons. The Labute approximate surface area is 137 Å². The first kappa shape index (κ1) is 17.2. The Balaban J connectivity index is 1.92. The lowest BCUT2D eigenvalue weighted by molar-refractivity contribution is 0.171. The van der Waals surface area contributed by atoms with Crippen molar-refractivity contribution >= 4 is 17.8 Å². The van der Waals surface area contributed by atoms with Gasteiger partial charge in [-0.3, -0.25) is 0 Å². The minimum Gasteiger partial charge on any atom is -0.395 e. The molecular weight excluding hydrogens is 296 g/mol. The molecule has 0 aromatic heterocycles. The van der Waals surface area contributed by atoms with Crippen molar-refractivity contribution in [1.82, 2.24) is 10.2 Å². The quantitative estimate of drug-likeness (QED) is 0.756. The van der Waals surface area contributed by atoms with Crippen molar-refractivity contribution in [3.63, 3.8) is 0 Å². The van der Waals surface area contributed by atoms with Gasteiger partial charge in [0, 0.05) is 22.7 Å². The second-order valence-corrected chi connectivity index (χ2v) is 7.70. The number of nitrogens with zero attached hydrogens (tertiary/aromatic N) is 1. The summed E-state index contributed by atoms with van der Waals surface area (Å²) < 4.78 is 0. The van der Waals surface area contributed by atoms with Crippen LogP contribution < -0.4 is 5.32 Å². The number of aliphatic hydroxyl groups excluding tert-OH is 1. The number of carbonyl (C=O) groups is 1. The molecule has 0 aliphatic heterocycles. The third kappa shape index (κ3) is 4.92. The number of carbonyl (C=O) groups excluding carboxylic acids is 1. The van der Waals surface area contributed by atoms with Crippen molar-refractivity contribution in [3.05, 3.63) is 29.8 Å². The van der Waals surface area contributed by atoms with Gasteiger partial charge in [0.2, 0.25) is 0 Å². The van der Waals surface area contributed by atoms with E-state index in [4.69, 9.17) is 5.11 Å². The molecule has 0 bridgehead atoms. The number of urea groups is 1. The average Bonchev–Trinajstić information content (AvgIpc) is 3.29. The number of rotatable bonds is 7. The molecule has 1 aromatic rings. The summed E-state index contributed by atoms with van der Waals surface area (Å²) in [6.07, 6.45) is 2.09. The predicted molar refractivity (Wildman–Crippen MR) is 91.2 cm³/mol. The normalized spacial score (nSPS) is 15.7. The van der Waals surface area contributed by atoms with E-state index >= 15 is 0 Å². The highest BCUT2D eigenvalue weighted by Crippen LogP contribution is 2.27. The van der Waals surface area contributed by atoms with E-state index < -0.39 is 0 Å². The molecule has 22 heavy (non-hydrogen) atoms. The van der Waals surface area contributed by atoms with Gasteiger partial charge in [0.05, 0.1) is 12.6 Å². The lowest BCUT2D eigenvalue weighted by Gasteiger charge is -2.24. The molecule has 1 unspecified atom stereocenters. The minimum absolute atomic E-state index is 0.0133. The van der Waals surface area contributed by atoms with Crippen LogP contribution >= 0.6 is 11.8 Å². The Hall–Kier alpha value is -1.20. The third-order valence-electron chi connectivity index (χ3n) is 3.68. The lowest BCUT2D eigenvalue weighted by Crippen LogP contribution is -2.43. The number of nitrogens with one attached hydrogen (secondary N) is 1. The van der Waals surface area contributed by atoms with Crippen molar-refractivity contribution in [2.24, 2.45) is 0 Å². The van der Waals surface area contributed by atoms with Crippen LogP contribution in [-0.4, -0.2) is 40.5 Å². The fourth-order valence-electron chi connectivity index (χ4n) is 2.40. The van der Waals surface area contributed by atoms with Gasteiger partial charge in [0.1, 0.15) is 0 Å². The summed E-state index contributed by atoms with van der Waals surface area (Å²) in [5.41, 5.74) is 1.10. The Bertz CT molecular complexity index is 486. The molecule has 1 aromatic carbocycles. The average molecular weight is 322 g/mol. The van der Waals surface area contributed by atoms with Crippen LogP contribution in [0.2, 0.25) is 0 Å². The van der Waals surface area contributed by atoms with Gasteiger partial charge in [0.15, 0.2) is 0 Å². The Kier molecular flexibility index (Phi) is 6.15. The van der Waals surface area contributed by atoms with E-state index in [0.29, 0.717) is 17.8 Å². The fourth-order valence-corrected chi connectivity index (χ4v) is 3.24. The van der Waals surface area contributed by atoms with Crippen LogP contribution in [0.4, 0.5) is 4.79 Å². The molecule has 1 aliphatic carbocycles. The van der Waals surface area contributed by atoms with E-state index in [-0.39, 0.29) is 18.7 Å². The third-order valence-corrected chi connectivity index (χ3v) is 4.70. The summed E-state index contributed by atoms with van der Waals surface area (Å²) >= 11 is 1.83. The highest BCUT2D eigenvalue weighted by molar-refractivity contribution is 7.99. The first-order valence-corrected chi connectivity index (χ1v) is 8.84. The number of hydrogen-bond donors (Lipinski definition) is 2. The van der Waals surface area contributed by atoms with Gasteiger partial charge in [-0.25, -0.2) is 4.79 Å². The number of aliphatic hydroxyl groups is 1. The van der Waals surface area contributed by atoms with Crippen molar-refractivity contribution in [2.45, 2.75) is 55.8 Å². The maximum Gasteiger partial charge on any atom is 0.318 e. The number of amides is 2. The Morgan fingerprint density at radius 2 is 1.95 bits per heavy atom. The van der Waals surface area contributed by atoms with Gasteiger partial charge in [-0.15, -0.1) is 11.8 Å². The van der Waals surface area contributed by atoms with Gasteiger partial charge >= 0.3 is 6.03 Å². The molecule has 2 N–H and O–H groups in total. The second-order valence-electron chi connectivity index (χ2n) is 6.05. The van der Waals surface area contributed by atoms with Crippen LogP contribution in [0.5, 0.6) is 0 Å². The standard InChI is InChI=1S/C17H26N2O2S/c1-12(2)22-16-8-4-14(5-9-16)13(3)18-17(21)19(10-11-20)15-6-7-15/h4-5,8-9,12-13,15,20H,6-7,10-11H2,1-3H3,(H,18,21). The second kappa shape index (κ2) is 7.88. The van der Waals surface area contributed by atoms with Gasteiger partial charge in [-0.05, 0) is 37.5 Å². The molecule has 0 radical (unpaired) electrons. The molecule has 2 amide bonds. The molecular formula is C17H26N2O2S. The van der Waals surface area contributed by atoms with Crippen LogP contribution in [0.15, 0.2) is 29.2 Å². The van der Waals surface area contributed by atoms with Crippen LogP contribution in [-0.2, 0) is 0 Å².